The van der Waals surface area contributed by atoms with Gasteiger partial charge in [-0.25, -0.2) is 18.0 Å². The Morgan fingerprint density at radius 3 is 2.42 bits per heavy atom. The Labute approximate surface area is 202 Å². The van der Waals surface area contributed by atoms with Crippen LogP contribution in [-0.4, -0.2) is 54.7 Å². The van der Waals surface area contributed by atoms with Crippen LogP contribution in [0.1, 0.15) is 44.9 Å². The largest absolute Gasteiger partial charge is 0.465 e. The molecule has 0 aliphatic rings. The molecule has 184 valence electrons. The third kappa shape index (κ3) is 9.70. The summed E-state index contributed by atoms with van der Waals surface area (Å²) in [6.07, 6.45) is -0.112. The number of carbonyl (C=O) groups excluding carboxylic acids is 1. The third-order valence-electron chi connectivity index (χ3n) is 4.40. The smallest absolute Gasteiger partial charge is 0.407 e. The van der Waals surface area contributed by atoms with E-state index in [0.29, 0.717) is 19.3 Å². The number of nitrogens with zero attached hydrogens (tertiary/aromatic N) is 1. The molecule has 0 saturated carbocycles. The number of carbonyl (C=O) groups is 2. The van der Waals surface area contributed by atoms with E-state index in [2.05, 4.69) is 10.6 Å². The van der Waals surface area contributed by atoms with Gasteiger partial charge in [-0.1, -0.05) is 12.1 Å². The summed E-state index contributed by atoms with van der Waals surface area (Å²) >= 11 is 2.61. The average Bonchev–Trinajstić information content (AvgIpc) is 3.39. The maximum absolute atomic E-state index is 13.3. The van der Waals surface area contributed by atoms with E-state index >= 15 is 0 Å². The Kier molecular flexibility index (Phi) is 10.1. The summed E-state index contributed by atoms with van der Waals surface area (Å²) in [7, 11) is -3.77. The number of thiophene rings is 2. The van der Waals surface area contributed by atoms with E-state index in [1.54, 1.807) is 38.3 Å². The SMILES string of the molecule is CC(C)(C)OC(=O)N[C@@H](CCCCNC(=O)O)CN(Cc1cccs1)S(=O)(=O)c1cccs1. The van der Waals surface area contributed by atoms with Crippen molar-refractivity contribution < 1.29 is 27.9 Å². The zero-order valence-corrected chi connectivity index (χ0v) is 21.4. The Morgan fingerprint density at radius 1 is 1.15 bits per heavy atom. The zero-order chi connectivity index (χ0) is 24.5. The van der Waals surface area contributed by atoms with Crippen LogP contribution in [0.3, 0.4) is 0 Å². The van der Waals surface area contributed by atoms with E-state index in [4.69, 9.17) is 9.84 Å². The minimum atomic E-state index is -3.77. The normalized spacial score (nSPS) is 13.0. The number of nitrogens with one attached hydrogen (secondary N) is 2. The van der Waals surface area contributed by atoms with Crippen molar-refractivity contribution in [3.05, 3.63) is 39.9 Å². The molecule has 0 radical (unpaired) electrons. The van der Waals surface area contributed by atoms with Crippen LogP contribution in [-0.2, 0) is 21.3 Å². The van der Waals surface area contributed by atoms with Crippen LogP contribution in [0.4, 0.5) is 9.59 Å². The molecule has 2 amide bonds. The fourth-order valence-corrected chi connectivity index (χ4v) is 6.41. The van der Waals surface area contributed by atoms with Crippen molar-refractivity contribution in [1.29, 1.82) is 0 Å². The molecule has 12 heteroatoms. The second kappa shape index (κ2) is 12.4. The zero-order valence-electron chi connectivity index (χ0n) is 18.9. The van der Waals surface area contributed by atoms with Gasteiger partial charge < -0.3 is 20.5 Å². The summed E-state index contributed by atoms with van der Waals surface area (Å²) in [6, 6.07) is 6.47. The first-order valence-electron chi connectivity index (χ1n) is 10.5. The van der Waals surface area contributed by atoms with E-state index in [1.807, 2.05) is 17.5 Å². The molecule has 2 rings (SSSR count). The van der Waals surface area contributed by atoms with E-state index in [0.717, 1.165) is 16.2 Å². The van der Waals surface area contributed by atoms with Gasteiger partial charge in [0.15, 0.2) is 0 Å². The first-order chi connectivity index (χ1) is 15.5. The lowest BCUT2D eigenvalue weighted by molar-refractivity contribution is 0.0494. The number of carboxylic acid groups (broad SMARTS) is 1. The Balaban J connectivity index is 2.18. The van der Waals surface area contributed by atoms with E-state index in [-0.39, 0.29) is 23.8 Å². The molecule has 2 aromatic heterocycles. The van der Waals surface area contributed by atoms with Crippen LogP contribution < -0.4 is 10.6 Å². The average molecular weight is 518 g/mol. The molecule has 0 unspecified atom stereocenters. The van der Waals surface area contributed by atoms with Crippen molar-refractivity contribution >= 4 is 44.9 Å². The van der Waals surface area contributed by atoms with Gasteiger partial charge in [-0.15, -0.1) is 22.7 Å². The third-order valence-corrected chi connectivity index (χ3v) is 8.45. The fraction of sp³-hybridized carbons (Fsp3) is 0.524. The number of alkyl carbamates (subject to hydrolysis) is 1. The number of unbranched alkanes of at least 4 members (excludes halogenated alkanes) is 1. The predicted molar refractivity (Wildman–Crippen MR) is 129 cm³/mol. The molecule has 0 aliphatic heterocycles. The summed E-state index contributed by atoms with van der Waals surface area (Å²) in [5.74, 6) is 0. The van der Waals surface area contributed by atoms with Crippen molar-refractivity contribution in [1.82, 2.24) is 14.9 Å². The second-order valence-electron chi connectivity index (χ2n) is 8.38. The van der Waals surface area contributed by atoms with Gasteiger partial charge in [0.2, 0.25) is 0 Å². The quantitative estimate of drug-likeness (QED) is 0.360. The number of rotatable bonds is 12. The molecule has 2 heterocycles. The summed E-state index contributed by atoms with van der Waals surface area (Å²) in [5, 5.41) is 17.4. The molecule has 0 aliphatic carbocycles. The molecule has 1 atom stereocenters. The molecule has 0 bridgehead atoms. The van der Waals surface area contributed by atoms with Crippen LogP contribution in [0.15, 0.2) is 39.2 Å². The van der Waals surface area contributed by atoms with Crippen LogP contribution in [0.25, 0.3) is 0 Å². The van der Waals surface area contributed by atoms with Gasteiger partial charge in [0, 0.05) is 30.6 Å². The maximum atomic E-state index is 13.3. The van der Waals surface area contributed by atoms with Crippen molar-refractivity contribution in [2.24, 2.45) is 0 Å². The van der Waals surface area contributed by atoms with Gasteiger partial charge in [0.25, 0.3) is 10.0 Å². The predicted octanol–water partition coefficient (Wildman–Crippen LogP) is 4.33. The van der Waals surface area contributed by atoms with E-state index < -0.39 is 33.9 Å². The highest BCUT2D eigenvalue weighted by atomic mass is 32.2. The molecular weight excluding hydrogens is 486 g/mol. The molecule has 33 heavy (non-hydrogen) atoms. The number of ether oxygens (including phenoxy) is 1. The second-order valence-corrected chi connectivity index (χ2v) is 12.5. The lowest BCUT2D eigenvalue weighted by Crippen LogP contribution is -2.46. The van der Waals surface area contributed by atoms with Crippen LogP contribution >= 0.6 is 22.7 Å². The highest BCUT2D eigenvalue weighted by Crippen LogP contribution is 2.25. The summed E-state index contributed by atoms with van der Waals surface area (Å²) in [5.41, 5.74) is -0.695. The highest BCUT2D eigenvalue weighted by molar-refractivity contribution is 7.91. The number of amides is 2. The molecule has 0 spiro atoms. The van der Waals surface area contributed by atoms with Crippen LogP contribution in [0.5, 0.6) is 0 Å². The summed E-state index contributed by atoms with van der Waals surface area (Å²) < 4.78 is 33.7. The minimum Gasteiger partial charge on any atom is -0.465 e. The van der Waals surface area contributed by atoms with E-state index in [1.165, 1.54) is 15.6 Å². The fourth-order valence-electron chi connectivity index (χ4n) is 3.00. The molecule has 0 saturated heterocycles. The van der Waals surface area contributed by atoms with Gasteiger partial charge in [0.1, 0.15) is 9.81 Å². The van der Waals surface area contributed by atoms with Crippen molar-refractivity contribution in [2.75, 3.05) is 13.1 Å². The molecule has 3 N–H and O–H groups in total. The van der Waals surface area contributed by atoms with Crippen LogP contribution in [0.2, 0.25) is 0 Å². The highest BCUT2D eigenvalue weighted by Gasteiger charge is 2.30. The Morgan fingerprint density at radius 2 is 1.85 bits per heavy atom. The van der Waals surface area contributed by atoms with Crippen molar-refractivity contribution in [2.45, 2.75) is 62.4 Å². The lowest BCUT2D eigenvalue weighted by Gasteiger charge is -2.28. The Bertz CT molecular complexity index is 970. The number of hydrogen-bond donors (Lipinski definition) is 3. The first kappa shape index (κ1) is 27.1. The van der Waals surface area contributed by atoms with Crippen molar-refractivity contribution in [3.8, 4) is 0 Å². The summed E-state index contributed by atoms with van der Waals surface area (Å²) in [4.78, 5) is 24.0. The minimum absolute atomic E-state index is 0.0593. The molecule has 0 fully saturated rings. The van der Waals surface area contributed by atoms with Crippen molar-refractivity contribution in [3.63, 3.8) is 0 Å². The maximum Gasteiger partial charge on any atom is 0.407 e. The van der Waals surface area contributed by atoms with Gasteiger partial charge in [-0.2, -0.15) is 4.31 Å². The first-order valence-corrected chi connectivity index (χ1v) is 13.7. The van der Waals surface area contributed by atoms with E-state index in [9.17, 15) is 18.0 Å². The topological polar surface area (TPSA) is 125 Å². The molecule has 9 nitrogen and oxygen atoms in total. The number of hydrogen-bond acceptors (Lipinski definition) is 7. The van der Waals surface area contributed by atoms with Gasteiger partial charge in [0.05, 0.1) is 0 Å². The summed E-state index contributed by atoms with van der Waals surface area (Å²) in [6.45, 7) is 5.78. The molecule has 2 aromatic rings. The molecule has 0 aromatic carbocycles. The van der Waals surface area contributed by atoms with Gasteiger partial charge >= 0.3 is 12.2 Å². The number of sulfonamides is 1. The lowest BCUT2D eigenvalue weighted by atomic mass is 10.1. The molecular formula is C21H31N3O6S3. The van der Waals surface area contributed by atoms with Gasteiger partial charge in [-0.3, -0.25) is 0 Å². The van der Waals surface area contributed by atoms with Gasteiger partial charge in [-0.05, 0) is 62.9 Å². The standard InChI is InChI=1S/C21H31N3O6S3/c1-21(2,3)30-20(27)23-16(8-4-5-11-22-19(25)26)14-24(15-17-9-6-12-31-17)33(28,29)18-10-7-13-32-18/h6-7,9-10,12-13,16,22H,4-5,8,11,14-15H2,1-3H3,(H,23,27)(H,25,26)/t16-/m0/s1. The van der Waals surface area contributed by atoms with Crippen LogP contribution in [0, 0.1) is 0 Å². The Hall–Kier alpha value is -2.15. The monoisotopic (exact) mass is 517 g/mol.